The van der Waals surface area contributed by atoms with Crippen molar-refractivity contribution in [2.45, 2.75) is 6.54 Å². The van der Waals surface area contributed by atoms with Crippen LogP contribution in [-0.4, -0.2) is 5.11 Å². The Hall–Kier alpha value is -2.62. The molecule has 2 N–H and O–H groups in total. The van der Waals surface area contributed by atoms with Crippen LogP contribution in [0.3, 0.4) is 0 Å². The molecule has 0 aromatic heterocycles. The SMILES string of the molecule is Oc1c(F)cc(CNc2ccc3ccccc3c2)cc1F. The van der Waals surface area contributed by atoms with Gasteiger partial charge < -0.3 is 10.4 Å². The molecule has 0 aliphatic rings. The third-order valence-electron chi connectivity index (χ3n) is 3.32. The van der Waals surface area contributed by atoms with E-state index in [2.05, 4.69) is 5.32 Å². The minimum Gasteiger partial charge on any atom is -0.503 e. The van der Waals surface area contributed by atoms with Crippen molar-refractivity contribution in [1.29, 1.82) is 0 Å². The van der Waals surface area contributed by atoms with Gasteiger partial charge in [0.2, 0.25) is 0 Å². The summed E-state index contributed by atoms with van der Waals surface area (Å²) in [6, 6.07) is 16.0. The number of phenolic OH excluding ortho intramolecular Hbond substituents is 1. The molecule has 4 heteroatoms. The van der Waals surface area contributed by atoms with E-state index >= 15 is 0 Å². The molecule has 0 amide bonds. The summed E-state index contributed by atoms with van der Waals surface area (Å²) in [6.45, 7) is 0.270. The standard InChI is InChI=1S/C17H13F2NO/c18-15-7-11(8-16(19)17(15)21)10-20-14-6-5-12-3-1-2-4-13(12)9-14/h1-9,20-21H,10H2. The summed E-state index contributed by atoms with van der Waals surface area (Å²) in [4.78, 5) is 0. The van der Waals surface area contributed by atoms with E-state index in [0.29, 0.717) is 5.56 Å². The molecule has 0 spiro atoms. The molecule has 106 valence electrons. The highest BCUT2D eigenvalue weighted by atomic mass is 19.1. The molecule has 0 aliphatic heterocycles. The normalized spacial score (nSPS) is 10.8. The van der Waals surface area contributed by atoms with Crippen LogP contribution in [0.2, 0.25) is 0 Å². The van der Waals surface area contributed by atoms with Gasteiger partial charge in [-0.25, -0.2) is 8.78 Å². The van der Waals surface area contributed by atoms with Gasteiger partial charge in [-0.1, -0.05) is 30.3 Å². The van der Waals surface area contributed by atoms with Crippen LogP contribution in [0.1, 0.15) is 5.56 Å². The molecule has 2 nitrogen and oxygen atoms in total. The number of fused-ring (bicyclic) bond motifs is 1. The van der Waals surface area contributed by atoms with E-state index < -0.39 is 17.4 Å². The van der Waals surface area contributed by atoms with Crippen LogP contribution in [0.4, 0.5) is 14.5 Å². The molecule has 3 aromatic carbocycles. The quantitative estimate of drug-likeness (QED) is 0.746. The zero-order valence-electron chi connectivity index (χ0n) is 11.1. The van der Waals surface area contributed by atoms with Crippen molar-refractivity contribution in [3.63, 3.8) is 0 Å². The third-order valence-corrected chi connectivity index (χ3v) is 3.32. The monoisotopic (exact) mass is 285 g/mol. The Balaban J connectivity index is 1.80. The molecule has 0 unspecified atom stereocenters. The lowest BCUT2D eigenvalue weighted by Gasteiger charge is -2.09. The van der Waals surface area contributed by atoms with Gasteiger partial charge >= 0.3 is 0 Å². The first-order valence-corrected chi connectivity index (χ1v) is 6.53. The summed E-state index contributed by atoms with van der Waals surface area (Å²) in [7, 11) is 0. The first-order chi connectivity index (χ1) is 10.1. The Morgan fingerprint density at radius 3 is 2.24 bits per heavy atom. The highest BCUT2D eigenvalue weighted by molar-refractivity contribution is 5.85. The van der Waals surface area contributed by atoms with Crippen LogP contribution in [0.15, 0.2) is 54.6 Å². The Labute approximate surface area is 120 Å². The van der Waals surface area contributed by atoms with Gasteiger partial charge in [0.15, 0.2) is 17.4 Å². The number of benzene rings is 3. The number of hydrogen-bond donors (Lipinski definition) is 2. The van der Waals surface area contributed by atoms with Crippen molar-refractivity contribution in [1.82, 2.24) is 0 Å². The van der Waals surface area contributed by atoms with Crippen LogP contribution in [0.25, 0.3) is 10.8 Å². The fourth-order valence-electron chi connectivity index (χ4n) is 2.22. The van der Waals surface area contributed by atoms with Crippen molar-refractivity contribution in [3.8, 4) is 5.75 Å². The van der Waals surface area contributed by atoms with Crippen molar-refractivity contribution in [2.24, 2.45) is 0 Å². The van der Waals surface area contributed by atoms with Crippen LogP contribution in [-0.2, 0) is 6.54 Å². The molecule has 0 heterocycles. The Bertz CT molecular complexity index is 779. The zero-order valence-corrected chi connectivity index (χ0v) is 11.1. The topological polar surface area (TPSA) is 32.3 Å². The van der Waals surface area contributed by atoms with Gasteiger partial charge in [0, 0.05) is 12.2 Å². The number of anilines is 1. The molecular weight excluding hydrogens is 272 g/mol. The molecule has 0 fully saturated rings. The molecule has 3 rings (SSSR count). The number of rotatable bonds is 3. The minimum atomic E-state index is -0.953. The maximum absolute atomic E-state index is 13.3. The first kappa shape index (κ1) is 13.4. The first-order valence-electron chi connectivity index (χ1n) is 6.53. The molecule has 3 aromatic rings. The number of nitrogens with one attached hydrogen (secondary N) is 1. The van der Waals surface area contributed by atoms with Crippen LogP contribution in [0, 0.1) is 11.6 Å². The van der Waals surface area contributed by atoms with E-state index in [-0.39, 0.29) is 6.54 Å². The molecule has 0 saturated carbocycles. The predicted molar refractivity (Wildman–Crippen MR) is 79.3 cm³/mol. The van der Waals surface area contributed by atoms with Crippen LogP contribution >= 0.6 is 0 Å². The Morgan fingerprint density at radius 1 is 0.857 bits per heavy atom. The molecular formula is C17H13F2NO. The van der Waals surface area contributed by atoms with E-state index in [0.717, 1.165) is 28.6 Å². The lowest BCUT2D eigenvalue weighted by atomic mass is 10.1. The molecule has 0 atom stereocenters. The summed E-state index contributed by atoms with van der Waals surface area (Å²) in [5, 5.41) is 14.4. The summed E-state index contributed by atoms with van der Waals surface area (Å²) < 4.78 is 26.5. The van der Waals surface area contributed by atoms with Gasteiger partial charge in [0.05, 0.1) is 0 Å². The number of aromatic hydroxyl groups is 1. The number of hydrogen-bond acceptors (Lipinski definition) is 2. The lowest BCUT2D eigenvalue weighted by molar-refractivity contribution is 0.395. The molecule has 0 radical (unpaired) electrons. The van der Waals surface area contributed by atoms with E-state index in [4.69, 9.17) is 5.11 Å². The van der Waals surface area contributed by atoms with Crippen molar-refractivity contribution in [2.75, 3.05) is 5.32 Å². The lowest BCUT2D eigenvalue weighted by Crippen LogP contribution is -2.00. The minimum absolute atomic E-state index is 0.270. The fraction of sp³-hybridized carbons (Fsp3) is 0.0588. The van der Waals surface area contributed by atoms with Gasteiger partial charge in [-0.05, 0) is 40.6 Å². The summed E-state index contributed by atoms with van der Waals surface area (Å²) in [5.41, 5.74) is 1.29. The van der Waals surface area contributed by atoms with E-state index in [9.17, 15) is 8.78 Å². The maximum Gasteiger partial charge on any atom is 0.187 e. The van der Waals surface area contributed by atoms with Gasteiger partial charge in [-0.15, -0.1) is 0 Å². The fourth-order valence-corrected chi connectivity index (χ4v) is 2.22. The van der Waals surface area contributed by atoms with Gasteiger partial charge in [0.1, 0.15) is 0 Å². The van der Waals surface area contributed by atoms with Gasteiger partial charge in [-0.2, -0.15) is 0 Å². The van der Waals surface area contributed by atoms with E-state index in [1.165, 1.54) is 0 Å². The number of phenols is 1. The average Bonchev–Trinajstić information content (AvgIpc) is 2.50. The predicted octanol–water partition coefficient (Wildman–Crippen LogP) is 4.44. The second kappa shape index (κ2) is 5.40. The third kappa shape index (κ3) is 2.79. The van der Waals surface area contributed by atoms with Gasteiger partial charge in [0.25, 0.3) is 0 Å². The van der Waals surface area contributed by atoms with E-state index in [1.807, 2.05) is 42.5 Å². The Kier molecular flexibility index (Phi) is 3.44. The largest absolute Gasteiger partial charge is 0.503 e. The highest BCUT2D eigenvalue weighted by Crippen LogP contribution is 2.23. The molecule has 0 aliphatic carbocycles. The average molecular weight is 285 g/mol. The van der Waals surface area contributed by atoms with Crippen molar-refractivity contribution >= 4 is 16.5 Å². The van der Waals surface area contributed by atoms with Crippen LogP contribution < -0.4 is 5.32 Å². The van der Waals surface area contributed by atoms with Crippen molar-refractivity contribution in [3.05, 3.63) is 71.8 Å². The second-order valence-corrected chi connectivity index (χ2v) is 4.82. The summed E-state index contributed by atoms with van der Waals surface area (Å²) >= 11 is 0. The maximum atomic E-state index is 13.3. The Morgan fingerprint density at radius 2 is 1.52 bits per heavy atom. The number of halogens is 2. The van der Waals surface area contributed by atoms with E-state index in [1.54, 1.807) is 0 Å². The molecule has 21 heavy (non-hydrogen) atoms. The summed E-state index contributed by atoms with van der Waals surface area (Å²) in [5.74, 6) is -2.85. The smallest absolute Gasteiger partial charge is 0.187 e. The van der Waals surface area contributed by atoms with Gasteiger partial charge in [-0.3, -0.25) is 0 Å². The van der Waals surface area contributed by atoms with Crippen molar-refractivity contribution < 1.29 is 13.9 Å². The zero-order chi connectivity index (χ0) is 14.8. The van der Waals surface area contributed by atoms with Crippen LogP contribution in [0.5, 0.6) is 5.75 Å². The molecule has 0 bridgehead atoms. The highest BCUT2D eigenvalue weighted by Gasteiger charge is 2.09. The molecule has 0 saturated heterocycles. The second-order valence-electron chi connectivity index (χ2n) is 4.82. The summed E-state index contributed by atoms with van der Waals surface area (Å²) in [6.07, 6.45) is 0.